The summed E-state index contributed by atoms with van der Waals surface area (Å²) in [4.78, 5) is 0. The monoisotopic (exact) mass is 164 g/mol. The molecular weight excluding hydrogens is 152 g/mol. The number of nitrogens with zero attached hydrogens (tertiary/aromatic N) is 4. The van der Waals surface area contributed by atoms with E-state index in [-0.39, 0.29) is 0 Å². The fourth-order valence-corrected chi connectivity index (χ4v) is 1.25. The van der Waals surface area contributed by atoms with Gasteiger partial charge in [-0.15, -0.1) is 0 Å². The molecule has 0 N–H and O–H groups in total. The van der Waals surface area contributed by atoms with E-state index < -0.39 is 0 Å². The number of hydrogen-bond donors (Lipinski definition) is 0. The second-order valence-electron chi connectivity index (χ2n) is 2.84. The zero-order chi connectivity index (χ0) is 8.39. The molecule has 64 valence electrons. The molecule has 0 unspecified atom stereocenters. The van der Waals surface area contributed by atoms with Gasteiger partial charge >= 0.3 is 0 Å². The fraction of sp³-hybridized carbons (Fsp3) is 0.500. The van der Waals surface area contributed by atoms with Gasteiger partial charge in [-0.3, -0.25) is 0 Å². The number of rotatable bonds is 3. The number of aromatic nitrogens is 4. The van der Waals surface area contributed by atoms with Crippen molar-refractivity contribution in [3.63, 3.8) is 0 Å². The summed E-state index contributed by atoms with van der Waals surface area (Å²) in [7, 11) is 0. The number of unbranched alkanes of at least 4 members (excludes halogenated alkanes) is 1. The second-order valence-corrected chi connectivity index (χ2v) is 2.84. The van der Waals surface area contributed by atoms with E-state index >= 15 is 0 Å². The molecule has 0 spiro atoms. The fourth-order valence-electron chi connectivity index (χ4n) is 1.25. The van der Waals surface area contributed by atoms with Crippen molar-refractivity contribution >= 4 is 5.65 Å². The normalized spacial score (nSPS) is 11.1. The van der Waals surface area contributed by atoms with Gasteiger partial charge in [0.15, 0.2) is 5.65 Å². The molecule has 0 aromatic carbocycles. The zero-order valence-electron chi connectivity index (χ0n) is 7.14. The van der Waals surface area contributed by atoms with Gasteiger partial charge in [0, 0.05) is 12.6 Å². The van der Waals surface area contributed by atoms with E-state index in [2.05, 4.69) is 17.1 Å². The van der Waals surface area contributed by atoms with Crippen LogP contribution in [0.1, 0.15) is 19.8 Å². The minimum absolute atomic E-state index is 0.985. The maximum absolute atomic E-state index is 4.21. The molecular formula is C8H12N4. The highest BCUT2D eigenvalue weighted by Crippen LogP contribution is 2.02. The quantitative estimate of drug-likeness (QED) is 0.686. The van der Waals surface area contributed by atoms with E-state index in [4.69, 9.17) is 0 Å². The molecule has 0 aliphatic rings. The Morgan fingerprint density at radius 3 is 3.17 bits per heavy atom. The lowest BCUT2D eigenvalue weighted by atomic mass is 10.3. The van der Waals surface area contributed by atoms with E-state index in [0.29, 0.717) is 0 Å². The van der Waals surface area contributed by atoms with E-state index in [9.17, 15) is 0 Å². The minimum atomic E-state index is 0.985. The molecule has 0 atom stereocenters. The summed E-state index contributed by atoms with van der Waals surface area (Å²) in [6, 6.07) is 1.97. The lowest BCUT2D eigenvalue weighted by molar-refractivity contribution is 0.588. The van der Waals surface area contributed by atoms with Crippen molar-refractivity contribution in [1.82, 2.24) is 19.4 Å². The summed E-state index contributed by atoms with van der Waals surface area (Å²) in [5, 5.41) is 8.29. The van der Waals surface area contributed by atoms with Crippen molar-refractivity contribution in [3.8, 4) is 0 Å². The van der Waals surface area contributed by atoms with Crippen molar-refractivity contribution in [1.29, 1.82) is 0 Å². The first-order valence-corrected chi connectivity index (χ1v) is 4.27. The van der Waals surface area contributed by atoms with Crippen LogP contribution in [-0.4, -0.2) is 19.4 Å². The summed E-state index contributed by atoms with van der Waals surface area (Å²) in [6.07, 6.45) is 5.90. The van der Waals surface area contributed by atoms with Crippen LogP contribution >= 0.6 is 0 Å². The lowest BCUT2D eigenvalue weighted by Crippen LogP contribution is -1.98. The smallest absolute Gasteiger partial charge is 0.153 e. The number of hydrogen-bond acceptors (Lipinski definition) is 2. The van der Waals surface area contributed by atoms with E-state index in [1.807, 2.05) is 10.7 Å². The standard InChI is InChI=1S/C8H12N4/c1-2-3-6-11-8-4-5-9-12(8)7-10-11/h4-5,7H,2-3,6H2,1H3. The highest BCUT2D eigenvalue weighted by Gasteiger charge is 2.00. The summed E-state index contributed by atoms with van der Waals surface area (Å²) in [6.45, 7) is 3.16. The van der Waals surface area contributed by atoms with Crippen LogP contribution in [0.3, 0.4) is 0 Å². The Kier molecular flexibility index (Phi) is 1.81. The van der Waals surface area contributed by atoms with Crippen LogP contribution < -0.4 is 0 Å². The Bertz CT molecular complexity index is 360. The van der Waals surface area contributed by atoms with Gasteiger partial charge in [0.25, 0.3) is 0 Å². The molecule has 0 aliphatic carbocycles. The van der Waals surface area contributed by atoms with Crippen LogP contribution in [0.25, 0.3) is 5.65 Å². The van der Waals surface area contributed by atoms with E-state index in [1.54, 1.807) is 17.0 Å². The highest BCUT2D eigenvalue weighted by molar-refractivity contribution is 5.35. The van der Waals surface area contributed by atoms with Gasteiger partial charge in [0.05, 0.1) is 6.20 Å². The van der Waals surface area contributed by atoms with Crippen LogP contribution in [0.4, 0.5) is 0 Å². The van der Waals surface area contributed by atoms with Gasteiger partial charge in [0.2, 0.25) is 0 Å². The van der Waals surface area contributed by atoms with Crippen molar-refractivity contribution < 1.29 is 0 Å². The predicted octanol–water partition coefficient (Wildman–Crippen LogP) is 1.33. The molecule has 0 fully saturated rings. The molecule has 0 saturated heterocycles. The number of fused-ring (bicyclic) bond motifs is 1. The van der Waals surface area contributed by atoms with Crippen LogP contribution in [-0.2, 0) is 6.54 Å². The van der Waals surface area contributed by atoms with Crippen molar-refractivity contribution in [2.75, 3.05) is 0 Å². The molecule has 2 aromatic rings. The Hall–Kier alpha value is -1.32. The first kappa shape index (κ1) is 7.34. The van der Waals surface area contributed by atoms with E-state index in [0.717, 1.165) is 12.2 Å². The van der Waals surface area contributed by atoms with Gasteiger partial charge in [0.1, 0.15) is 6.33 Å². The van der Waals surface area contributed by atoms with Crippen molar-refractivity contribution in [2.45, 2.75) is 26.3 Å². The predicted molar refractivity (Wildman–Crippen MR) is 45.9 cm³/mol. The maximum Gasteiger partial charge on any atom is 0.153 e. The van der Waals surface area contributed by atoms with Crippen molar-refractivity contribution in [2.24, 2.45) is 0 Å². The molecule has 0 radical (unpaired) electrons. The Morgan fingerprint density at radius 1 is 1.42 bits per heavy atom. The maximum atomic E-state index is 4.21. The summed E-state index contributed by atoms with van der Waals surface area (Å²) in [5.74, 6) is 0. The SMILES string of the molecule is CCCCn1ncn2nccc12. The molecule has 2 heterocycles. The third-order valence-corrected chi connectivity index (χ3v) is 1.94. The molecule has 4 nitrogen and oxygen atoms in total. The summed E-state index contributed by atoms with van der Waals surface area (Å²) < 4.78 is 3.77. The van der Waals surface area contributed by atoms with Gasteiger partial charge in [-0.05, 0) is 6.42 Å². The first-order chi connectivity index (χ1) is 5.92. The Balaban J connectivity index is 2.28. The molecule has 0 saturated carbocycles. The van der Waals surface area contributed by atoms with Crippen LogP contribution in [0.5, 0.6) is 0 Å². The second kappa shape index (κ2) is 2.97. The van der Waals surface area contributed by atoms with Crippen LogP contribution in [0.2, 0.25) is 0 Å². The van der Waals surface area contributed by atoms with E-state index in [1.165, 1.54) is 12.8 Å². The Labute approximate surface area is 70.8 Å². The number of aryl methyl sites for hydroxylation is 1. The highest BCUT2D eigenvalue weighted by atomic mass is 15.4. The van der Waals surface area contributed by atoms with Gasteiger partial charge in [-0.2, -0.15) is 10.2 Å². The Morgan fingerprint density at radius 2 is 2.33 bits per heavy atom. The van der Waals surface area contributed by atoms with Gasteiger partial charge < -0.3 is 0 Å². The minimum Gasteiger partial charge on any atom is -0.246 e. The topological polar surface area (TPSA) is 35.1 Å². The molecule has 0 bridgehead atoms. The van der Waals surface area contributed by atoms with Gasteiger partial charge in [-0.1, -0.05) is 13.3 Å². The molecule has 2 rings (SSSR count). The average Bonchev–Trinajstić information content (AvgIpc) is 2.62. The summed E-state index contributed by atoms with van der Waals surface area (Å²) >= 11 is 0. The zero-order valence-corrected chi connectivity index (χ0v) is 7.14. The van der Waals surface area contributed by atoms with Gasteiger partial charge in [-0.25, -0.2) is 9.20 Å². The average molecular weight is 164 g/mol. The van der Waals surface area contributed by atoms with Crippen LogP contribution in [0.15, 0.2) is 18.6 Å². The van der Waals surface area contributed by atoms with Crippen molar-refractivity contribution in [3.05, 3.63) is 18.6 Å². The third-order valence-electron chi connectivity index (χ3n) is 1.94. The first-order valence-electron chi connectivity index (χ1n) is 4.27. The molecule has 0 amide bonds. The third kappa shape index (κ3) is 1.09. The molecule has 4 heteroatoms. The molecule has 0 aliphatic heterocycles. The van der Waals surface area contributed by atoms with Crippen LogP contribution in [0, 0.1) is 0 Å². The molecule has 2 aromatic heterocycles. The largest absolute Gasteiger partial charge is 0.246 e. The lowest BCUT2D eigenvalue weighted by Gasteiger charge is -1.97. The summed E-state index contributed by atoms with van der Waals surface area (Å²) in [5.41, 5.74) is 1.07. The molecule has 12 heavy (non-hydrogen) atoms.